The van der Waals surface area contributed by atoms with Gasteiger partial charge in [0, 0.05) is 12.2 Å². The monoisotopic (exact) mass is 279 g/mol. The third-order valence-electron chi connectivity index (χ3n) is 2.84. The fraction of sp³-hybridized carbons (Fsp3) is 0.214. The topological polar surface area (TPSA) is 42.2 Å². The van der Waals surface area contributed by atoms with E-state index >= 15 is 0 Å². The minimum atomic E-state index is -0.261. The summed E-state index contributed by atoms with van der Waals surface area (Å²) < 4.78 is 13.3. The third-order valence-corrected chi connectivity index (χ3v) is 3.18. The first-order valence-electron chi connectivity index (χ1n) is 6.01. The van der Waals surface area contributed by atoms with E-state index in [1.54, 1.807) is 18.2 Å². The second-order valence-corrected chi connectivity index (χ2v) is 4.57. The van der Waals surface area contributed by atoms with Crippen LogP contribution in [0, 0.1) is 5.82 Å². The van der Waals surface area contributed by atoms with E-state index in [9.17, 15) is 4.39 Å². The highest BCUT2D eigenvalue weighted by Gasteiger charge is 2.10. The second-order valence-electron chi connectivity index (χ2n) is 4.16. The van der Waals surface area contributed by atoms with Crippen LogP contribution in [0.2, 0.25) is 5.02 Å². The maximum absolute atomic E-state index is 13.3. The number of nitrogens with two attached hydrogens (primary N) is 1. The molecule has 0 amide bonds. The molecule has 100 valence electrons. The molecule has 2 N–H and O–H groups in total. The van der Waals surface area contributed by atoms with Gasteiger partial charge in [0.15, 0.2) is 0 Å². The summed E-state index contributed by atoms with van der Waals surface area (Å²) in [6.45, 7) is 3.20. The number of nitrogen functional groups attached to an aromatic ring is 1. The Morgan fingerprint density at radius 1 is 1.32 bits per heavy atom. The first-order chi connectivity index (χ1) is 9.10. The highest BCUT2D eigenvalue weighted by Crippen LogP contribution is 2.21. The lowest BCUT2D eigenvalue weighted by molar-refractivity contribution is 0.626. The highest BCUT2D eigenvalue weighted by molar-refractivity contribution is 6.31. The van der Waals surface area contributed by atoms with Crippen molar-refractivity contribution in [2.24, 2.45) is 0 Å². The van der Waals surface area contributed by atoms with Gasteiger partial charge in [-0.05, 0) is 37.3 Å². The molecule has 5 heteroatoms. The maximum Gasteiger partial charge on any atom is 0.125 e. The molecule has 0 unspecified atom stereocenters. The third kappa shape index (κ3) is 3.35. The van der Waals surface area contributed by atoms with Crippen LogP contribution in [-0.2, 0) is 6.54 Å². The van der Waals surface area contributed by atoms with E-state index in [4.69, 9.17) is 17.3 Å². The van der Waals surface area contributed by atoms with Gasteiger partial charge in [-0.25, -0.2) is 9.37 Å². The number of hydrogen-bond acceptors (Lipinski definition) is 3. The average Bonchev–Trinajstić information content (AvgIpc) is 2.39. The fourth-order valence-corrected chi connectivity index (χ4v) is 2.02. The van der Waals surface area contributed by atoms with Gasteiger partial charge in [0.25, 0.3) is 0 Å². The van der Waals surface area contributed by atoms with Gasteiger partial charge in [0.2, 0.25) is 0 Å². The number of halogens is 2. The summed E-state index contributed by atoms with van der Waals surface area (Å²) in [4.78, 5) is 6.20. The Hall–Kier alpha value is -1.81. The lowest BCUT2D eigenvalue weighted by atomic mass is 10.2. The van der Waals surface area contributed by atoms with Crippen LogP contribution in [0.5, 0.6) is 0 Å². The molecule has 0 aliphatic carbocycles. The smallest absolute Gasteiger partial charge is 0.125 e. The first-order valence-corrected chi connectivity index (χ1v) is 6.39. The Bertz CT molecular complexity index is 574. The predicted molar refractivity (Wildman–Crippen MR) is 76.8 cm³/mol. The summed E-state index contributed by atoms with van der Waals surface area (Å²) in [7, 11) is 0. The quantitative estimate of drug-likeness (QED) is 0.932. The SMILES string of the molecule is CCN(Cc1nc(N)ccc1Cl)c1cccc(F)c1. The van der Waals surface area contributed by atoms with Gasteiger partial charge in [0.1, 0.15) is 11.6 Å². The molecule has 1 aromatic heterocycles. The van der Waals surface area contributed by atoms with Crippen molar-refractivity contribution in [3.63, 3.8) is 0 Å². The van der Waals surface area contributed by atoms with Crippen molar-refractivity contribution in [2.75, 3.05) is 17.2 Å². The van der Waals surface area contributed by atoms with Crippen LogP contribution in [0.1, 0.15) is 12.6 Å². The molecule has 0 saturated carbocycles. The zero-order valence-electron chi connectivity index (χ0n) is 10.6. The number of nitrogens with zero attached hydrogens (tertiary/aromatic N) is 2. The lowest BCUT2D eigenvalue weighted by Crippen LogP contribution is -2.23. The van der Waals surface area contributed by atoms with E-state index in [0.717, 1.165) is 12.2 Å². The largest absolute Gasteiger partial charge is 0.384 e. The zero-order valence-corrected chi connectivity index (χ0v) is 11.4. The van der Waals surface area contributed by atoms with Crippen LogP contribution in [0.25, 0.3) is 0 Å². The Kier molecular flexibility index (Phi) is 4.22. The number of anilines is 2. The van der Waals surface area contributed by atoms with Crippen molar-refractivity contribution in [1.82, 2.24) is 4.98 Å². The molecule has 3 nitrogen and oxygen atoms in total. The summed E-state index contributed by atoms with van der Waals surface area (Å²) >= 11 is 6.10. The van der Waals surface area contributed by atoms with Crippen LogP contribution >= 0.6 is 11.6 Å². The standard InChI is InChI=1S/C14H15ClFN3/c1-2-19(11-5-3-4-10(16)8-11)9-13-12(15)6-7-14(17)18-13/h3-8H,2,9H2,1H3,(H2,17,18). The van der Waals surface area contributed by atoms with E-state index in [1.165, 1.54) is 12.1 Å². The van der Waals surface area contributed by atoms with Crippen LogP contribution in [-0.4, -0.2) is 11.5 Å². The molecule has 0 atom stereocenters. The summed E-state index contributed by atoms with van der Waals surface area (Å²) in [6, 6.07) is 9.82. The maximum atomic E-state index is 13.3. The molecule has 0 spiro atoms. The second kappa shape index (κ2) is 5.89. The van der Waals surface area contributed by atoms with Gasteiger partial charge in [-0.3, -0.25) is 0 Å². The number of rotatable bonds is 4. The number of aromatic nitrogens is 1. The van der Waals surface area contributed by atoms with Crippen LogP contribution in [0.3, 0.4) is 0 Å². The summed E-state index contributed by atoms with van der Waals surface area (Å²) in [5.74, 6) is 0.164. The Balaban J connectivity index is 2.26. The zero-order chi connectivity index (χ0) is 13.8. The molecule has 19 heavy (non-hydrogen) atoms. The van der Waals surface area contributed by atoms with E-state index < -0.39 is 0 Å². The highest BCUT2D eigenvalue weighted by atomic mass is 35.5. The number of benzene rings is 1. The summed E-state index contributed by atoms with van der Waals surface area (Å²) in [5.41, 5.74) is 7.14. The summed E-state index contributed by atoms with van der Waals surface area (Å²) in [5, 5.41) is 0.559. The minimum Gasteiger partial charge on any atom is -0.384 e. The number of pyridine rings is 1. The van der Waals surface area contributed by atoms with Gasteiger partial charge < -0.3 is 10.6 Å². The van der Waals surface area contributed by atoms with Gasteiger partial charge in [0.05, 0.1) is 17.3 Å². The van der Waals surface area contributed by atoms with Crippen molar-refractivity contribution in [3.8, 4) is 0 Å². The van der Waals surface area contributed by atoms with Gasteiger partial charge in [-0.2, -0.15) is 0 Å². The number of hydrogen-bond donors (Lipinski definition) is 1. The van der Waals surface area contributed by atoms with E-state index in [-0.39, 0.29) is 5.82 Å². The van der Waals surface area contributed by atoms with Crippen molar-refractivity contribution in [3.05, 3.63) is 52.9 Å². The average molecular weight is 280 g/mol. The Labute approximate surface area is 116 Å². The van der Waals surface area contributed by atoms with E-state index in [2.05, 4.69) is 4.98 Å². The lowest BCUT2D eigenvalue weighted by Gasteiger charge is -2.23. The molecule has 0 radical (unpaired) electrons. The molecule has 0 aliphatic heterocycles. The molecule has 2 aromatic rings. The molecule has 2 rings (SSSR count). The predicted octanol–water partition coefficient (Wildman–Crippen LogP) is 3.48. The summed E-state index contributed by atoms with van der Waals surface area (Å²) in [6.07, 6.45) is 0. The molecular weight excluding hydrogens is 265 g/mol. The van der Waals surface area contributed by atoms with Crippen LogP contribution in [0.4, 0.5) is 15.9 Å². The molecule has 1 heterocycles. The Morgan fingerprint density at radius 2 is 2.11 bits per heavy atom. The molecular formula is C14H15ClFN3. The molecule has 0 fully saturated rings. The van der Waals surface area contributed by atoms with Crippen molar-refractivity contribution in [1.29, 1.82) is 0 Å². The van der Waals surface area contributed by atoms with Crippen molar-refractivity contribution >= 4 is 23.1 Å². The molecule has 0 saturated heterocycles. The minimum absolute atomic E-state index is 0.261. The Morgan fingerprint density at radius 3 is 2.79 bits per heavy atom. The van der Waals surface area contributed by atoms with Crippen molar-refractivity contribution < 1.29 is 4.39 Å². The first kappa shape index (κ1) is 13.6. The van der Waals surface area contributed by atoms with Crippen LogP contribution < -0.4 is 10.6 Å². The van der Waals surface area contributed by atoms with Crippen molar-refractivity contribution in [2.45, 2.75) is 13.5 Å². The normalized spacial score (nSPS) is 10.5. The molecule has 0 bridgehead atoms. The van der Waals surface area contributed by atoms with Gasteiger partial charge >= 0.3 is 0 Å². The molecule has 1 aromatic carbocycles. The fourth-order valence-electron chi connectivity index (χ4n) is 1.85. The van der Waals surface area contributed by atoms with E-state index in [0.29, 0.717) is 23.1 Å². The van der Waals surface area contributed by atoms with Gasteiger partial charge in [-0.15, -0.1) is 0 Å². The van der Waals surface area contributed by atoms with E-state index in [1.807, 2.05) is 17.9 Å². The van der Waals surface area contributed by atoms with Crippen LogP contribution in [0.15, 0.2) is 36.4 Å². The molecule has 0 aliphatic rings. The van der Waals surface area contributed by atoms with Gasteiger partial charge in [-0.1, -0.05) is 17.7 Å².